The lowest BCUT2D eigenvalue weighted by atomic mass is 10.0. The number of rotatable bonds is 3. The molecule has 2 rings (SSSR count). The quantitative estimate of drug-likeness (QED) is 0.926. The molecule has 5 heteroatoms. The highest BCUT2D eigenvalue weighted by Gasteiger charge is 2.13. The summed E-state index contributed by atoms with van der Waals surface area (Å²) in [6, 6.07) is 4.67. The van der Waals surface area contributed by atoms with E-state index >= 15 is 0 Å². The van der Waals surface area contributed by atoms with Crippen molar-refractivity contribution in [2.45, 2.75) is 20.4 Å². The molecule has 0 amide bonds. The Morgan fingerprint density at radius 1 is 1.44 bits per heavy atom. The molecule has 2 aromatic rings. The maximum atomic E-state index is 11.0. The molecule has 0 atom stereocenters. The Bertz CT molecular complexity index is 605. The van der Waals surface area contributed by atoms with Crippen LogP contribution in [0.2, 0.25) is 5.02 Å². The van der Waals surface area contributed by atoms with Crippen molar-refractivity contribution in [3.8, 4) is 11.1 Å². The van der Waals surface area contributed by atoms with Gasteiger partial charge in [0.1, 0.15) is 0 Å². The van der Waals surface area contributed by atoms with Gasteiger partial charge in [0.2, 0.25) is 0 Å². The molecule has 18 heavy (non-hydrogen) atoms. The van der Waals surface area contributed by atoms with Gasteiger partial charge in [-0.2, -0.15) is 5.10 Å². The van der Waals surface area contributed by atoms with E-state index in [9.17, 15) is 4.79 Å². The topological polar surface area (TPSA) is 55.1 Å². The SMILES string of the molecule is CCn1ncc(-c2cc(C(=O)O)ccc2Cl)c1C. The lowest BCUT2D eigenvalue weighted by Gasteiger charge is -2.06. The Morgan fingerprint density at radius 2 is 2.17 bits per heavy atom. The van der Waals surface area contributed by atoms with Crippen LogP contribution in [0.4, 0.5) is 0 Å². The molecule has 0 saturated heterocycles. The van der Waals surface area contributed by atoms with Gasteiger partial charge in [-0.05, 0) is 32.0 Å². The number of carboxylic acids is 1. The van der Waals surface area contributed by atoms with Crippen molar-refractivity contribution in [1.29, 1.82) is 0 Å². The largest absolute Gasteiger partial charge is 0.478 e. The zero-order valence-electron chi connectivity index (χ0n) is 10.1. The van der Waals surface area contributed by atoms with Crippen molar-refractivity contribution in [3.63, 3.8) is 0 Å². The Kier molecular flexibility index (Phi) is 3.39. The summed E-state index contributed by atoms with van der Waals surface area (Å²) in [5.41, 5.74) is 2.76. The molecule has 0 saturated carbocycles. The average Bonchev–Trinajstić information content (AvgIpc) is 2.70. The van der Waals surface area contributed by atoms with Crippen LogP contribution in [0.3, 0.4) is 0 Å². The summed E-state index contributed by atoms with van der Waals surface area (Å²) < 4.78 is 1.85. The van der Waals surface area contributed by atoms with Crippen LogP contribution < -0.4 is 0 Å². The summed E-state index contributed by atoms with van der Waals surface area (Å²) in [5.74, 6) is -0.964. The Morgan fingerprint density at radius 3 is 2.72 bits per heavy atom. The Balaban J connectivity index is 2.59. The molecule has 4 nitrogen and oxygen atoms in total. The minimum absolute atomic E-state index is 0.220. The van der Waals surface area contributed by atoms with Gasteiger partial charge in [-0.15, -0.1) is 0 Å². The number of nitrogens with zero attached hydrogens (tertiary/aromatic N) is 2. The molecule has 0 radical (unpaired) electrons. The first-order valence-electron chi connectivity index (χ1n) is 5.60. The third-order valence-corrected chi connectivity index (χ3v) is 3.24. The van der Waals surface area contributed by atoms with Gasteiger partial charge in [0.15, 0.2) is 0 Å². The fourth-order valence-corrected chi connectivity index (χ4v) is 2.11. The van der Waals surface area contributed by atoms with Crippen molar-refractivity contribution in [1.82, 2.24) is 9.78 Å². The van der Waals surface area contributed by atoms with Crippen LogP contribution in [0.15, 0.2) is 24.4 Å². The summed E-state index contributed by atoms with van der Waals surface area (Å²) in [6.07, 6.45) is 1.71. The molecule has 0 spiro atoms. The smallest absolute Gasteiger partial charge is 0.335 e. The van der Waals surface area contributed by atoms with Crippen molar-refractivity contribution in [3.05, 3.63) is 40.7 Å². The zero-order valence-corrected chi connectivity index (χ0v) is 10.9. The summed E-state index contributed by atoms with van der Waals surface area (Å²) in [7, 11) is 0. The van der Waals surface area contributed by atoms with Crippen LogP contribution in [-0.2, 0) is 6.54 Å². The number of halogens is 1. The minimum Gasteiger partial charge on any atom is -0.478 e. The van der Waals surface area contributed by atoms with Gasteiger partial charge in [-0.3, -0.25) is 4.68 Å². The summed E-state index contributed by atoms with van der Waals surface area (Å²) in [6.45, 7) is 4.71. The number of aryl methyl sites for hydroxylation is 1. The third-order valence-electron chi connectivity index (χ3n) is 2.91. The van der Waals surface area contributed by atoms with E-state index in [0.29, 0.717) is 10.6 Å². The van der Waals surface area contributed by atoms with E-state index in [1.54, 1.807) is 18.3 Å². The molecular weight excluding hydrogens is 252 g/mol. The van der Waals surface area contributed by atoms with E-state index in [2.05, 4.69) is 5.10 Å². The highest BCUT2D eigenvalue weighted by molar-refractivity contribution is 6.33. The first kappa shape index (κ1) is 12.6. The average molecular weight is 265 g/mol. The maximum Gasteiger partial charge on any atom is 0.335 e. The van der Waals surface area contributed by atoms with Crippen LogP contribution >= 0.6 is 11.6 Å². The molecule has 0 aliphatic carbocycles. The lowest BCUT2D eigenvalue weighted by molar-refractivity contribution is 0.0697. The van der Waals surface area contributed by atoms with Gasteiger partial charge in [-0.1, -0.05) is 11.6 Å². The molecule has 0 aliphatic heterocycles. The second kappa shape index (κ2) is 4.82. The van der Waals surface area contributed by atoms with Crippen molar-refractivity contribution in [2.24, 2.45) is 0 Å². The molecule has 0 unspecified atom stereocenters. The number of aromatic nitrogens is 2. The van der Waals surface area contributed by atoms with Crippen LogP contribution in [0.5, 0.6) is 0 Å². The predicted octanol–water partition coefficient (Wildman–Crippen LogP) is 3.23. The number of hydrogen-bond donors (Lipinski definition) is 1. The highest BCUT2D eigenvalue weighted by Crippen LogP contribution is 2.31. The summed E-state index contributed by atoms with van der Waals surface area (Å²) in [4.78, 5) is 11.0. The molecule has 1 N–H and O–H groups in total. The zero-order chi connectivity index (χ0) is 13.3. The van der Waals surface area contributed by atoms with Crippen molar-refractivity contribution >= 4 is 17.6 Å². The molecule has 0 fully saturated rings. The molecule has 94 valence electrons. The third kappa shape index (κ3) is 2.11. The fourth-order valence-electron chi connectivity index (χ4n) is 1.89. The summed E-state index contributed by atoms with van der Waals surface area (Å²) >= 11 is 6.13. The molecule has 1 aromatic carbocycles. The maximum absolute atomic E-state index is 11.0. The van der Waals surface area contributed by atoms with E-state index in [4.69, 9.17) is 16.7 Å². The van der Waals surface area contributed by atoms with Crippen LogP contribution in [0.25, 0.3) is 11.1 Å². The molecule has 0 bridgehead atoms. The highest BCUT2D eigenvalue weighted by atomic mass is 35.5. The van der Waals surface area contributed by atoms with E-state index in [-0.39, 0.29) is 5.56 Å². The van der Waals surface area contributed by atoms with E-state index in [1.165, 1.54) is 6.07 Å². The number of benzene rings is 1. The van der Waals surface area contributed by atoms with Gasteiger partial charge in [0.05, 0.1) is 11.8 Å². The standard InChI is InChI=1S/C13H13ClN2O2/c1-3-16-8(2)11(7-15-16)10-6-9(13(17)18)4-5-12(10)14/h4-7H,3H2,1-2H3,(H,17,18). The van der Waals surface area contributed by atoms with E-state index in [0.717, 1.165) is 17.8 Å². The van der Waals surface area contributed by atoms with Gasteiger partial charge < -0.3 is 5.11 Å². The molecular formula is C13H13ClN2O2. The molecule has 0 aliphatic rings. The normalized spacial score (nSPS) is 10.6. The van der Waals surface area contributed by atoms with Crippen LogP contribution in [0, 0.1) is 6.92 Å². The molecule has 1 heterocycles. The number of carboxylic acid groups (broad SMARTS) is 1. The minimum atomic E-state index is -0.964. The van der Waals surface area contributed by atoms with Crippen molar-refractivity contribution in [2.75, 3.05) is 0 Å². The van der Waals surface area contributed by atoms with Gasteiger partial charge in [-0.25, -0.2) is 4.79 Å². The van der Waals surface area contributed by atoms with E-state index in [1.807, 2.05) is 18.5 Å². The first-order valence-corrected chi connectivity index (χ1v) is 5.98. The van der Waals surface area contributed by atoms with Gasteiger partial charge in [0, 0.05) is 28.4 Å². The number of aromatic carboxylic acids is 1. The second-order valence-corrected chi connectivity index (χ2v) is 4.37. The number of hydrogen-bond acceptors (Lipinski definition) is 2. The van der Waals surface area contributed by atoms with Gasteiger partial charge >= 0.3 is 5.97 Å². The van der Waals surface area contributed by atoms with E-state index < -0.39 is 5.97 Å². The number of carbonyl (C=O) groups is 1. The lowest BCUT2D eigenvalue weighted by Crippen LogP contribution is -1.99. The first-order chi connectivity index (χ1) is 8.54. The monoisotopic (exact) mass is 264 g/mol. The van der Waals surface area contributed by atoms with Gasteiger partial charge in [0.25, 0.3) is 0 Å². The van der Waals surface area contributed by atoms with Crippen molar-refractivity contribution < 1.29 is 9.90 Å². The molecule has 1 aromatic heterocycles. The Labute approximate surface area is 110 Å². The van der Waals surface area contributed by atoms with Crippen LogP contribution in [-0.4, -0.2) is 20.9 Å². The summed E-state index contributed by atoms with van der Waals surface area (Å²) in [5, 5.41) is 13.8. The van der Waals surface area contributed by atoms with Crippen LogP contribution in [0.1, 0.15) is 23.0 Å². The second-order valence-electron chi connectivity index (χ2n) is 3.96. The Hall–Kier alpha value is -1.81. The fraction of sp³-hybridized carbons (Fsp3) is 0.231. The predicted molar refractivity (Wildman–Crippen MR) is 70.0 cm³/mol.